The third kappa shape index (κ3) is 3.88. The van der Waals surface area contributed by atoms with Gasteiger partial charge in [0.05, 0.1) is 6.42 Å². The maximum Gasteiger partial charge on any atom is 0.310 e. The van der Waals surface area contributed by atoms with Crippen LogP contribution in [0, 0.1) is 6.42 Å². The number of aliphatic hydroxyl groups is 2. The Bertz CT molecular complexity index is 35.8. The molecule has 36 valence electrons. The molecule has 0 rings (SSSR count). The van der Waals surface area contributed by atoms with Gasteiger partial charge in [-0.05, 0) is 0 Å². The van der Waals surface area contributed by atoms with E-state index >= 15 is 0 Å². The molecule has 0 bridgehead atoms. The minimum Gasteiger partial charge on any atom is -0.341 e. The van der Waals surface area contributed by atoms with Gasteiger partial charge in [0.1, 0.15) is 0 Å². The van der Waals surface area contributed by atoms with Gasteiger partial charge in [-0.15, -0.1) is 0 Å². The van der Waals surface area contributed by atoms with Gasteiger partial charge >= 0.3 is 5.97 Å². The smallest absolute Gasteiger partial charge is 0.310 e. The second-order valence-electron chi connectivity index (χ2n) is 0.947. The summed E-state index contributed by atoms with van der Waals surface area (Å²) in [5.41, 5.74) is 0. The number of hydrogen-bond donors (Lipinski definition) is 2. The van der Waals surface area contributed by atoms with Crippen LogP contribution in [-0.2, 0) is 5.11 Å². The number of rotatable bonds is 1. The first kappa shape index (κ1) is 5.88. The molecule has 0 unspecified atom stereocenters. The van der Waals surface area contributed by atoms with E-state index in [9.17, 15) is 5.11 Å². The summed E-state index contributed by atoms with van der Waals surface area (Å²) in [4.78, 5) is 0. The van der Waals surface area contributed by atoms with Crippen LogP contribution in [0.3, 0.4) is 0 Å². The number of hydrogen-bond acceptors (Lipinski definition) is 2. The predicted molar refractivity (Wildman–Crippen MR) is 17.8 cm³/mol. The van der Waals surface area contributed by atoms with Crippen molar-refractivity contribution < 1.29 is 15.3 Å². The fraction of sp³-hybridized carbons (Fsp3) is 0.667. The van der Waals surface area contributed by atoms with Gasteiger partial charge in [-0.2, -0.15) is 5.11 Å². The Morgan fingerprint density at radius 1 is 1.67 bits per heavy atom. The zero-order valence-corrected chi connectivity index (χ0v) is 3.38. The van der Waals surface area contributed by atoms with Crippen LogP contribution in [0.1, 0.15) is 6.92 Å². The molecule has 2 radical (unpaired) electrons. The van der Waals surface area contributed by atoms with Gasteiger partial charge in [0.25, 0.3) is 0 Å². The molecule has 0 saturated carbocycles. The van der Waals surface area contributed by atoms with Crippen LogP contribution in [0.5, 0.6) is 0 Å². The average Bonchev–Trinajstić information content (AvgIpc) is 1.35. The molecular weight excluding hydrogens is 84.0 g/mol. The summed E-state index contributed by atoms with van der Waals surface area (Å²) in [5, 5.41) is 25.1. The summed E-state index contributed by atoms with van der Waals surface area (Å²) in [6, 6.07) is 0. The lowest BCUT2D eigenvalue weighted by atomic mass is 10.4. The summed E-state index contributed by atoms with van der Waals surface area (Å²) in [5.74, 6) is -2.83. The zero-order chi connectivity index (χ0) is 5.21. The average molecular weight is 90.1 g/mol. The molecule has 0 aliphatic heterocycles. The Kier molecular flexibility index (Phi) is 1.52. The van der Waals surface area contributed by atoms with E-state index in [0.717, 1.165) is 6.42 Å². The maximum absolute atomic E-state index is 9.53. The third-order valence-electron chi connectivity index (χ3n) is 0.376. The highest BCUT2D eigenvalue weighted by molar-refractivity contribution is 4.62. The van der Waals surface area contributed by atoms with Crippen molar-refractivity contribution in [3.05, 3.63) is 6.42 Å². The molecule has 6 heavy (non-hydrogen) atoms. The van der Waals surface area contributed by atoms with Crippen molar-refractivity contribution in [1.82, 2.24) is 0 Å². The van der Waals surface area contributed by atoms with Crippen LogP contribution >= 0.6 is 0 Å². The van der Waals surface area contributed by atoms with Crippen LogP contribution in [0.15, 0.2) is 0 Å². The van der Waals surface area contributed by atoms with E-state index in [4.69, 9.17) is 10.2 Å². The Hall–Kier alpha value is -0.120. The van der Waals surface area contributed by atoms with Crippen LogP contribution in [-0.4, -0.2) is 16.2 Å². The lowest BCUT2D eigenvalue weighted by molar-refractivity contribution is -0.319. The minimum atomic E-state index is -2.83. The van der Waals surface area contributed by atoms with E-state index in [2.05, 4.69) is 0 Å². The first-order chi connectivity index (χ1) is 2.56. The minimum absolute atomic E-state index is 0.743. The van der Waals surface area contributed by atoms with Gasteiger partial charge in [-0.3, -0.25) is 0 Å². The van der Waals surface area contributed by atoms with Gasteiger partial charge in [0.2, 0.25) is 0 Å². The highest BCUT2D eigenvalue weighted by Crippen LogP contribution is 1.94. The molecule has 0 aliphatic rings. The molecule has 0 aromatic heterocycles. The second-order valence-corrected chi connectivity index (χ2v) is 0.947. The molecule has 0 aliphatic carbocycles. The molecule has 3 nitrogen and oxygen atoms in total. The Morgan fingerprint density at radius 3 is 1.83 bits per heavy atom. The van der Waals surface area contributed by atoms with Gasteiger partial charge in [-0.25, -0.2) is 0 Å². The quantitative estimate of drug-likeness (QED) is 0.417. The van der Waals surface area contributed by atoms with Crippen molar-refractivity contribution in [2.45, 2.75) is 12.9 Å². The van der Waals surface area contributed by atoms with Crippen molar-refractivity contribution in [3.8, 4) is 0 Å². The van der Waals surface area contributed by atoms with Crippen molar-refractivity contribution in [2.75, 3.05) is 0 Å². The molecular formula is C3H6O3. The lowest BCUT2D eigenvalue weighted by Crippen LogP contribution is -2.23. The van der Waals surface area contributed by atoms with Crippen LogP contribution in [0.2, 0.25) is 0 Å². The first-order valence-corrected chi connectivity index (χ1v) is 1.52. The summed E-state index contributed by atoms with van der Waals surface area (Å²) in [6.07, 6.45) is 0.743. The molecule has 3 heteroatoms. The van der Waals surface area contributed by atoms with Crippen molar-refractivity contribution in [1.29, 1.82) is 0 Å². The van der Waals surface area contributed by atoms with Crippen molar-refractivity contribution >= 4 is 0 Å². The summed E-state index contributed by atoms with van der Waals surface area (Å²) in [7, 11) is 0. The van der Waals surface area contributed by atoms with Crippen LogP contribution in [0.4, 0.5) is 0 Å². The van der Waals surface area contributed by atoms with Crippen molar-refractivity contribution in [2.24, 2.45) is 0 Å². The van der Waals surface area contributed by atoms with E-state index in [0.29, 0.717) is 0 Å². The summed E-state index contributed by atoms with van der Waals surface area (Å²) < 4.78 is 0. The topological polar surface area (TPSA) is 60.4 Å². The molecule has 0 spiro atoms. The standard InChI is InChI=1S/C3H6O3/c1-2-3(4,5)6/h2,4-5H,1H3. The largest absolute Gasteiger partial charge is 0.341 e. The van der Waals surface area contributed by atoms with Gasteiger partial charge < -0.3 is 10.2 Å². The fourth-order valence-electron chi connectivity index (χ4n) is 0. The van der Waals surface area contributed by atoms with E-state index in [1.54, 1.807) is 0 Å². The maximum atomic E-state index is 9.53. The molecule has 0 fully saturated rings. The van der Waals surface area contributed by atoms with E-state index in [-0.39, 0.29) is 0 Å². The van der Waals surface area contributed by atoms with Crippen LogP contribution < -0.4 is 0 Å². The van der Waals surface area contributed by atoms with Gasteiger partial charge in [-0.1, -0.05) is 6.92 Å². The molecule has 0 aromatic rings. The van der Waals surface area contributed by atoms with Crippen LogP contribution in [0.25, 0.3) is 0 Å². The molecule has 2 N–H and O–H groups in total. The van der Waals surface area contributed by atoms with Crippen molar-refractivity contribution in [3.63, 3.8) is 0 Å². The second kappa shape index (κ2) is 1.55. The summed E-state index contributed by atoms with van der Waals surface area (Å²) >= 11 is 0. The zero-order valence-electron chi connectivity index (χ0n) is 3.38. The first-order valence-electron chi connectivity index (χ1n) is 1.52. The van der Waals surface area contributed by atoms with E-state index in [1.807, 2.05) is 0 Å². The molecule has 0 aromatic carbocycles. The molecule has 0 heterocycles. The highest BCUT2D eigenvalue weighted by atomic mass is 16.7. The fourth-order valence-corrected chi connectivity index (χ4v) is 0. The Labute approximate surface area is 35.9 Å². The SMILES string of the molecule is C[CH]C([O])(O)O. The summed E-state index contributed by atoms with van der Waals surface area (Å²) in [6.45, 7) is 1.27. The molecule has 0 amide bonds. The van der Waals surface area contributed by atoms with E-state index < -0.39 is 5.97 Å². The highest BCUT2D eigenvalue weighted by Gasteiger charge is 2.15. The normalized spacial score (nSPS) is 12.0. The molecule has 0 saturated heterocycles. The van der Waals surface area contributed by atoms with Gasteiger partial charge in [0, 0.05) is 0 Å². The van der Waals surface area contributed by atoms with Gasteiger partial charge in [0.15, 0.2) is 0 Å². The predicted octanol–water partition coefficient (Wildman–Crippen LogP) is -0.721. The van der Waals surface area contributed by atoms with E-state index in [1.165, 1.54) is 6.92 Å². The Balaban J connectivity index is 3.17. The third-order valence-corrected chi connectivity index (χ3v) is 0.376. The monoisotopic (exact) mass is 90.0 g/mol. The Morgan fingerprint density at radius 2 is 1.83 bits per heavy atom. The molecule has 0 atom stereocenters. The lowest BCUT2D eigenvalue weighted by Gasteiger charge is -2.03.